The fourth-order valence-electron chi connectivity index (χ4n) is 3.72. The quantitative estimate of drug-likeness (QED) is 0.355. The van der Waals surface area contributed by atoms with Crippen LogP contribution in [0.4, 0.5) is 0 Å². The van der Waals surface area contributed by atoms with Gasteiger partial charge < -0.3 is 9.47 Å². The molecule has 5 rings (SSSR count). The summed E-state index contributed by atoms with van der Waals surface area (Å²) in [6.45, 7) is 2.85. The minimum atomic E-state index is -0.281. The number of hydrogen-bond donors (Lipinski definition) is 0. The van der Waals surface area contributed by atoms with Gasteiger partial charge in [0, 0.05) is 5.56 Å². The van der Waals surface area contributed by atoms with E-state index >= 15 is 0 Å². The molecule has 0 saturated carbocycles. The van der Waals surface area contributed by atoms with Crippen LogP contribution in [0.25, 0.3) is 11.4 Å². The first kappa shape index (κ1) is 21.1. The second-order valence-electron chi connectivity index (χ2n) is 7.87. The van der Waals surface area contributed by atoms with Crippen molar-refractivity contribution in [1.82, 2.24) is 14.8 Å². The number of rotatable bonds is 7. The lowest BCUT2D eigenvalue weighted by Crippen LogP contribution is -2.09. The van der Waals surface area contributed by atoms with Crippen molar-refractivity contribution in [1.29, 1.82) is 5.26 Å². The molecule has 0 radical (unpaired) electrons. The molecule has 1 aliphatic heterocycles. The third-order valence-corrected chi connectivity index (χ3v) is 6.53. The molecule has 1 aliphatic rings. The monoisotopic (exact) mass is 454 g/mol. The van der Waals surface area contributed by atoms with Gasteiger partial charge in [-0.1, -0.05) is 78.0 Å². The Hall–Kier alpha value is -3.76. The Morgan fingerprint density at radius 2 is 1.73 bits per heavy atom. The van der Waals surface area contributed by atoms with Crippen LogP contribution in [0.2, 0.25) is 0 Å². The highest BCUT2D eigenvalue weighted by Crippen LogP contribution is 2.34. The van der Waals surface area contributed by atoms with Crippen LogP contribution >= 0.6 is 11.8 Å². The zero-order chi connectivity index (χ0) is 22.6. The Bertz CT molecular complexity index is 1300. The van der Waals surface area contributed by atoms with E-state index in [4.69, 9.17) is 9.47 Å². The summed E-state index contributed by atoms with van der Waals surface area (Å²) in [6.07, 6.45) is 0.638. The SMILES string of the molecule is Cc1ccc(CC(C#N)Sc2nnc(-c3ccccc3)n2Cc2ccc3c(c2)OCO3)cc1. The number of ether oxygens (including phenoxy) is 2. The second kappa shape index (κ2) is 9.39. The van der Waals surface area contributed by atoms with Gasteiger partial charge in [0.2, 0.25) is 6.79 Å². The standard InChI is InChI=1S/C26H22N4O2S/c1-18-7-9-19(10-8-18)13-22(15-27)33-26-29-28-25(21-5-3-2-4-6-21)30(26)16-20-11-12-23-24(14-20)32-17-31-23/h2-12,14,22H,13,16-17H2,1H3. The molecule has 1 atom stereocenters. The van der Waals surface area contributed by atoms with Crippen molar-refractivity contribution in [2.75, 3.05) is 6.79 Å². The first-order valence-corrected chi connectivity index (χ1v) is 11.6. The van der Waals surface area contributed by atoms with E-state index in [0.717, 1.165) is 34.0 Å². The first-order chi connectivity index (χ1) is 16.2. The van der Waals surface area contributed by atoms with Crippen LogP contribution in [0, 0.1) is 18.3 Å². The Morgan fingerprint density at radius 1 is 0.970 bits per heavy atom. The van der Waals surface area contributed by atoms with E-state index in [9.17, 15) is 5.26 Å². The molecule has 0 bridgehead atoms. The maximum absolute atomic E-state index is 9.85. The van der Waals surface area contributed by atoms with Gasteiger partial charge in [0.25, 0.3) is 0 Å². The molecule has 0 fully saturated rings. The molecule has 4 aromatic rings. The predicted molar refractivity (Wildman–Crippen MR) is 127 cm³/mol. The lowest BCUT2D eigenvalue weighted by Gasteiger charge is -2.13. The lowest BCUT2D eigenvalue weighted by atomic mass is 10.1. The molecular weight excluding hydrogens is 432 g/mol. The van der Waals surface area contributed by atoms with E-state index in [1.165, 1.54) is 17.3 Å². The van der Waals surface area contributed by atoms with Gasteiger partial charge in [-0.2, -0.15) is 5.26 Å². The normalized spacial score (nSPS) is 13.0. The van der Waals surface area contributed by atoms with Crippen LogP contribution in [0.1, 0.15) is 16.7 Å². The third-order valence-electron chi connectivity index (χ3n) is 5.46. The fourth-order valence-corrected chi connectivity index (χ4v) is 4.67. The molecule has 0 saturated heterocycles. The average molecular weight is 455 g/mol. The smallest absolute Gasteiger partial charge is 0.231 e. The zero-order valence-electron chi connectivity index (χ0n) is 18.1. The number of aromatic nitrogens is 3. The lowest BCUT2D eigenvalue weighted by molar-refractivity contribution is 0.174. The van der Waals surface area contributed by atoms with Crippen molar-refractivity contribution in [3.63, 3.8) is 0 Å². The summed E-state index contributed by atoms with van der Waals surface area (Å²) in [4.78, 5) is 0. The third kappa shape index (κ3) is 4.71. The largest absolute Gasteiger partial charge is 0.454 e. The minimum absolute atomic E-state index is 0.241. The molecule has 6 nitrogen and oxygen atoms in total. The molecule has 164 valence electrons. The van der Waals surface area contributed by atoms with Gasteiger partial charge in [0.15, 0.2) is 22.5 Å². The molecule has 0 N–H and O–H groups in total. The predicted octanol–water partition coefficient (Wildman–Crippen LogP) is 5.26. The summed E-state index contributed by atoms with van der Waals surface area (Å²) in [6, 6.07) is 26.6. The summed E-state index contributed by atoms with van der Waals surface area (Å²) in [5.41, 5.74) is 4.36. The molecule has 2 heterocycles. The number of benzene rings is 3. The average Bonchev–Trinajstić information content (AvgIpc) is 3.47. The fraction of sp³-hybridized carbons (Fsp3) is 0.192. The van der Waals surface area contributed by atoms with Crippen LogP contribution in [-0.4, -0.2) is 26.8 Å². The maximum Gasteiger partial charge on any atom is 0.231 e. The van der Waals surface area contributed by atoms with Crippen LogP contribution < -0.4 is 9.47 Å². The minimum Gasteiger partial charge on any atom is -0.454 e. The highest BCUT2D eigenvalue weighted by molar-refractivity contribution is 8.00. The molecule has 7 heteroatoms. The molecule has 0 aliphatic carbocycles. The van der Waals surface area contributed by atoms with Crippen LogP contribution in [-0.2, 0) is 13.0 Å². The summed E-state index contributed by atoms with van der Waals surface area (Å²) in [5.74, 6) is 2.26. The van der Waals surface area contributed by atoms with E-state index in [-0.39, 0.29) is 12.0 Å². The molecule has 3 aromatic carbocycles. The van der Waals surface area contributed by atoms with Crippen LogP contribution in [0.3, 0.4) is 0 Å². The number of nitrogens with zero attached hydrogens (tertiary/aromatic N) is 4. The number of aryl methyl sites for hydroxylation is 1. The van der Waals surface area contributed by atoms with Crippen molar-refractivity contribution in [3.05, 3.63) is 89.5 Å². The van der Waals surface area contributed by atoms with Gasteiger partial charge in [0.1, 0.15) is 5.25 Å². The Morgan fingerprint density at radius 3 is 2.52 bits per heavy atom. The molecule has 0 amide bonds. The summed E-state index contributed by atoms with van der Waals surface area (Å²) < 4.78 is 13.1. The van der Waals surface area contributed by atoms with Gasteiger partial charge >= 0.3 is 0 Å². The molecule has 0 spiro atoms. The maximum atomic E-state index is 9.85. The van der Waals surface area contributed by atoms with E-state index in [0.29, 0.717) is 18.1 Å². The summed E-state index contributed by atoms with van der Waals surface area (Å²) in [7, 11) is 0. The van der Waals surface area contributed by atoms with Gasteiger partial charge in [-0.25, -0.2) is 0 Å². The van der Waals surface area contributed by atoms with Crippen molar-refractivity contribution >= 4 is 11.8 Å². The molecular formula is C26H22N4O2S. The number of nitriles is 1. The Labute approximate surface area is 196 Å². The second-order valence-corrected chi connectivity index (χ2v) is 9.04. The van der Waals surface area contributed by atoms with Crippen molar-refractivity contribution < 1.29 is 9.47 Å². The van der Waals surface area contributed by atoms with Gasteiger partial charge in [-0.15, -0.1) is 10.2 Å². The van der Waals surface area contributed by atoms with Gasteiger partial charge in [0.05, 0.1) is 12.6 Å². The zero-order valence-corrected chi connectivity index (χ0v) is 19.0. The summed E-state index contributed by atoms with van der Waals surface area (Å²) >= 11 is 1.45. The van der Waals surface area contributed by atoms with E-state index < -0.39 is 0 Å². The van der Waals surface area contributed by atoms with Crippen molar-refractivity contribution in [3.8, 4) is 29.0 Å². The van der Waals surface area contributed by atoms with Gasteiger partial charge in [-0.05, 0) is 36.6 Å². The van der Waals surface area contributed by atoms with Crippen LogP contribution in [0.15, 0.2) is 78.0 Å². The topological polar surface area (TPSA) is 73.0 Å². The number of fused-ring (bicyclic) bond motifs is 1. The number of hydrogen-bond acceptors (Lipinski definition) is 6. The molecule has 33 heavy (non-hydrogen) atoms. The van der Waals surface area contributed by atoms with E-state index in [1.807, 2.05) is 48.5 Å². The van der Waals surface area contributed by atoms with Crippen molar-refractivity contribution in [2.24, 2.45) is 0 Å². The van der Waals surface area contributed by atoms with Crippen LogP contribution in [0.5, 0.6) is 11.5 Å². The Kier molecular flexibility index (Phi) is 6.01. The van der Waals surface area contributed by atoms with Gasteiger partial charge in [-0.3, -0.25) is 4.57 Å². The Balaban J connectivity index is 1.45. The molecule has 1 unspecified atom stereocenters. The first-order valence-electron chi connectivity index (χ1n) is 10.7. The highest BCUT2D eigenvalue weighted by Gasteiger charge is 2.21. The van der Waals surface area contributed by atoms with E-state index in [2.05, 4.69) is 52.0 Å². The number of thioether (sulfide) groups is 1. The molecule has 1 aromatic heterocycles. The summed E-state index contributed by atoms with van der Waals surface area (Å²) in [5, 5.41) is 19.2. The highest BCUT2D eigenvalue weighted by atomic mass is 32.2. The van der Waals surface area contributed by atoms with Crippen molar-refractivity contribution in [2.45, 2.75) is 30.3 Å². The van der Waals surface area contributed by atoms with E-state index in [1.54, 1.807) is 0 Å².